The Morgan fingerprint density at radius 3 is 2.74 bits per heavy atom. The summed E-state index contributed by atoms with van der Waals surface area (Å²) in [6.45, 7) is 4.33. The number of hydrogen-bond acceptors (Lipinski definition) is 5. The minimum absolute atomic E-state index is 0.163. The topological polar surface area (TPSA) is 69.6 Å². The fraction of sp³-hybridized carbons (Fsp3) is 0.462. The minimum atomic E-state index is 0.163. The summed E-state index contributed by atoms with van der Waals surface area (Å²) >= 11 is 1.60. The fourth-order valence-corrected chi connectivity index (χ4v) is 2.67. The van der Waals surface area contributed by atoms with E-state index in [0.29, 0.717) is 5.92 Å². The van der Waals surface area contributed by atoms with E-state index in [9.17, 15) is 0 Å². The van der Waals surface area contributed by atoms with E-state index in [1.54, 1.807) is 16.4 Å². The molecule has 0 amide bonds. The van der Waals surface area contributed by atoms with Crippen LogP contribution in [0.1, 0.15) is 20.3 Å². The average molecular weight is 277 g/mol. The van der Waals surface area contributed by atoms with Gasteiger partial charge in [0.2, 0.25) is 5.16 Å². The van der Waals surface area contributed by atoms with Crippen LogP contribution in [-0.2, 0) is 0 Å². The lowest BCUT2D eigenvalue weighted by Crippen LogP contribution is -2.30. The lowest BCUT2D eigenvalue weighted by atomic mass is 10.0. The molecule has 1 aromatic carbocycles. The van der Waals surface area contributed by atoms with E-state index in [1.165, 1.54) is 0 Å². The fourth-order valence-electron chi connectivity index (χ4n) is 1.64. The molecule has 0 bridgehead atoms. The zero-order chi connectivity index (χ0) is 13.7. The van der Waals surface area contributed by atoms with Crippen molar-refractivity contribution in [1.29, 1.82) is 0 Å². The predicted octanol–water partition coefficient (Wildman–Crippen LogP) is 2.13. The summed E-state index contributed by atoms with van der Waals surface area (Å²) in [6.07, 6.45) is 1.09. The van der Waals surface area contributed by atoms with Gasteiger partial charge in [-0.3, -0.25) is 0 Å². The summed E-state index contributed by atoms with van der Waals surface area (Å²) < 4.78 is 1.74. The predicted molar refractivity (Wildman–Crippen MR) is 77.3 cm³/mol. The number of tetrazole rings is 1. The third-order valence-corrected chi connectivity index (χ3v) is 4.29. The molecule has 0 aliphatic heterocycles. The van der Waals surface area contributed by atoms with Gasteiger partial charge in [-0.05, 0) is 28.5 Å². The van der Waals surface area contributed by atoms with Gasteiger partial charge in [-0.15, -0.1) is 5.10 Å². The Bertz CT molecular complexity index is 499. The Balaban J connectivity index is 2.05. The molecule has 1 heterocycles. The second kappa shape index (κ2) is 6.68. The number of rotatable bonds is 6. The molecule has 19 heavy (non-hydrogen) atoms. The van der Waals surface area contributed by atoms with Gasteiger partial charge in [0.1, 0.15) is 0 Å². The highest BCUT2D eigenvalue weighted by Crippen LogP contribution is 2.20. The number of aromatic nitrogens is 4. The van der Waals surface area contributed by atoms with Crippen LogP contribution in [0.5, 0.6) is 0 Å². The summed E-state index contributed by atoms with van der Waals surface area (Å²) in [5.41, 5.74) is 7.10. The minimum Gasteiger partial charge on any atom is -0.327 e. The summed E-state index contributed by atoms with van der Waals surface area (Å²) in [7, 11) is 0. The van der Waals surface area contributed by atoms with Crippen LogP contribution in [0.4, 0.5) is 0 Å². The largest absolute Gasteiger partial charge is 0.327 e. The summed E-state index contributed by atoms with van der Waals surface area (Å²) in [5, 5.41) is 12.6. The van der Waals surface area contributed by atoms with E-state index < -0.39 is 0 Å². The number of nitrogens with two attached hydrogens (primary N) is 1. The van der Waals surface area contributed by atoms with Crippen molar-refractivity contribution in [2.45, 2.75) is 31.5 Å². The van der Waals surface area contributed by atoms with E-state index in [1.807, 2.05) is 30.3 Å². The number of benzene rings is 1. The van der Waals surface area contributed by atoms with Gasteiger partial charge in [0.05, 0.1) is 5.69 Å². The van der Waals surface area contributed by atoms with Gasteiger partial charge in [0.15, 0.2) is 0 Å². The maximum Gasteiger partial charge on any atom is 0.214 e. The standard InChI is InChI=1S/C13H19N5S/c1-3-10(2)12(14)9-19-13-15-16-17-18(13)11-7-5-4-6-8-11/h4-8,10,12H,3,9,14H2,1-2H3. The molecule has 5 nitrogen and oxygen atoms in total. The highest BCUT2D eigenvalue weighted by atomic mass is 32.2. The highest BCUT2D eigenvalue weighted by Gasteiger charge is 2.14. The molecule has 0 fully saturated rings. The van der Waals surface area contributed by atoms with Crippen molar-refractivity contribution in [2.24, 2.45) is 11.7 Å². The second-order valence-electron chi connectivity index (χ2n) is 4.57. The van der Waals surface area contributed by atoms with Crippen LogP contribution in [0.2, 0.25) is 0 Å². The molecule has 0 saturated heterocycles. The smallest absolute Gasteiger partial charge is 0.214 e. The van der Waals surface area contributed by atoms with E-state index >= 15 is 0 Å². The molecule has 2 rings (SSSR count). The third kappa shape index (κ3) is 3.54. The lowest BCUT2D eigenvalue weighted by Gasteiger charge is -2.17. The monoisotopic (exact) mass is 277 g/mol. The Kier molecular flexibility index (Phi) is 4.93. The highest BCUT2D eigenvalue weighted by molar-refractivity contribution is 7.99. The van der Waals surface area contributed by atoms with Gasteiger partial charge in [-0.1, -0.05) is 50.2 Å². The maximum atomic E-state index is 6.13. The van der Waals surface area contributed by atoms with Crippen molar-refractivity contribution in [3.8, 4) is 5.69 Å². The Morgan fingerprint density at radius 1 is 1.32 bits per heavy atom. The molecule has 2 N–H and O–H groups in total. The molecule has 0 aliphatic rings. The Labute approximate surface area is 117 Å². The van der Waals surface area contributed by atoms with Crippen LogP contribution in [0.15, 0.2) is 35.5 Å². The van der Waals surface area contributed by atoms with Crippen LogP contribution in [-0.4, -0.2) is 32.0 Å². The van der Waals surface area contributed by atoms with Crippen LogP contribution < -0.4 is 5.73 Å². The number of nitrogens with zero attached hydrogens (tertiary/aromatic N) is 4. The van der Waals surface area contributed by atoms with Crippen molar-refractivity contribution >= 4 is 11.8 Å². The number of para-hydroxylation sites is 1. The van der Waals surface area contributed by atoms with E-state index in [4.69, 9.17) is 5.73 Å². The lowest BCUT2D eigenvalue weighted by molar-refractivity contribution is 0.475. The van der Waals surface area contributed by atoms with Gasteiger partial charge in [-0.2, -0.15) is 4.68 Å². The first-order valence-corrected chi connectivity index (χ1v) is 7.43. The van der Waals surface area contributed by atoms with Crippen LogP contribution in [0, 0.1) is 5.92 Å². The van der Waals surface area contributed by atoms with Gasteiger partial charge in [0.25, 0.3) is 0 Å². The Hall–Kier alpha value is -1.40. The van der Waals surface area contributed by atoms with Gasteiger partial charge < -0.3 is 5.73 Å². The van der Waals surface area contributed by atoms with Crippen LogP contribution in [0.3, 0.4) is 0 Å². The molecule has 1 aromatic heterocycles. The summed E-state index contributed by atoms with van der Waals surface area (Å²) in [5.74, 6) is 1.33. The van der Waals surface area contributed by atoms with E-state index in [0.717, 1.165) is 23.0 Å². The maximum absolute atomic E-state index is 6.13. The molecule has 6 heteroatoms. The summed E-state index contributed by atoms with van der Waals surface area (Å²) in [6, 6.07) is 10.0. The molecule has 0 saturated carbocycles. The zero-order valence-corrected chi connectivity index (χ0v) is 12.0. The molecular weight excluding hydrogens is 258 g/mol. The molecule has 2 aromatic rings. The van der Waals surface area contributed by atoms with Crippen molar-refractivity contribution in [3.05, 3.63) is 30.3 Å². The molecule has 0 radical (unpaired) electrons. The quantitative estimate of drug-likeness (QED) is 0.819. The van der Waals surface area contributed by atoms with Crippen molar-refractivity contribution in [1.82, 2.24) is 20.2 Å². The molecular formula is C13H19N5S. The molecule has 2 atom stereocenters. The van der Waals surface area contributed by atoms with Crippen LogP contribution in [0.25, 0.3) is 5.69 Å². The van der Waals surface area contributed by atoms with Crippen LogP contribution >= 0.6 is 11.8 Å². The SMILES string of the molecule is CCC(C)C(N)CSc1nnnn1-c1ccccc1. The molecule has 0 spiro atoms. The third-order valence-electron chi connectivity index (χ3n) is 3.22. The second-order valence-corrected chi connectivity index (χ2v) is 5.56. The van der Waals surface area contributed by atoms with Gasteiger partial charge in [0, 0.05) is 11.8 Å². The molecule has 102 valence electrons. The van der Waals surface area contributed by atoms with Crippen molar-refractivity contribution < 1.29 is 0 Å². The first-order valence-electron chi connectivity index (χ1n) is 6.44. The normalized spacial score (nSPS) is 14.3. The van der Waals surface area contributed by atoms with E-state index in [2.05, 4.69) is 29.4 Å². The van der Waals surface area contributed by atoms with Crippen molar-refractivity contribution in [3.63, 3.8) is 0 Å². The van der Waals surface area contributed by atoms with Gasteiger partial charge in [-0.25, -0.2) is 0 Å². The van der Waals surface area contributed by atoms with E-state index in [-0.39, 0.29) is 6.04 Å². The summed E-state index contributed by atoms with van der Waals surface area (Å²) in [4.78, 5) is 0. The van der Waals surface area contributed by atoms with Crippen molar-refractivity contribution in [2.75, 3.05) is 5.75 Å². The first kappa shape index (κ1) is 14.0. The zero-order valence-electron chi connectivity index (χ0n) is 11.2. The number of thioether (sulfide) groups is 1. The molecule has 2 unspecified atom stereocenters. The number of hydrogen-bond donors (Lipinski definition) is 1. The first-order chi connectivity index (χ1) is 9.22. The molecule has 0 aliphatic carbocycles. The average Bonchev–Trinajstić information content (AvgIpc) is 2.93. The Morgan fingerprint density at radius 2 is 2.05 bits per heavy atom. The van der Waals surface area contributed by atoms with Gasteiger partial charge >= 0.3 is 0 Å².